The van der Waals surface area contributed by atoms with E-state index in [1.54, 1.807) is 30.5 Å². The van der Waals surface area contributed by atoms with Gasteiger partial charge < -0.3 is 45.3 Å². The van der Waals surface area contributed by atoms with E-state index in [0.29, 0.717) is 33.0 Å². The van der Waals surface area contributed by atoms with Crippen LogP contribution in [0.3, 0.4) is 0 Å². The van der Waals surface area contributed by atoms with Crippen molar-refractivity contribution in [1.29, 1.82) is 5.41 Å². The van der Waals surface area contributed by atoms with Gasteiger partial charge in [0.15, 0.2) is 40.3 Å². The van der Waals surface area contributed by atoms with Gasteiger partial charge in [0, 0.05) is 33.7 Å². The molecule has 0 unspecified atom stereocenters. The third kappa shape index (κ3) is 5.37. The number of hydrogen-bond donors (Lipinski definition) is 9. The number of aromatic nitrogens is 1. The molecule has 9 aromatic rings. The van der Waals surface area contributed by atoms with Gasteiger partial charge >= 0.3 is 0 Å². The molecular formula is C45H30N4O9. The minimum atomic E-state index is -1.13. The Labute approximate surface area is 327 Å². The predicted octanol–water partition coefficient (Wildman–Crippen LogP) is 8.89. The maximum atomic E-state index is 11.3. The van der Waals surface area contributed by atoms with Gasteiger partial charge in [-0.05, 0) is 29.3 Å². The van der Waals surface area contributed by atoms with Crippen LogP contribution in [0.1, 0.15) is 16.7 Å². The molecule has 0 spiro atoms. The normalized spacial score (nSPS) is 12.1. The van der Waals surface area contributed by atoms with E-state index in [9.17, 15) is 40.9 Å². The lowest BCUT2D eigenvalue weighted by atomic mass is 9.99. The summed E-state index contributed by atoms with van der Waals surface area (Å²) in [7, 11) is 0. The smallest absolute Gasteiger partial charge is 0.206 e. The SMILES string of the molecule is N=C(N=C(N=Cc1cc(-c2ccccc2)cc2c1oc1c(-n3c4c(O)c(O)c(O)c(O)c4c4c(O)c(O)c(O)c(O)c43)cccc12)c1ccccc1)c1ccccc1. The van der Waals surface area contributed by atoms with Crippen LogP contribution >= 0.6 is 0 Å². The summed E-state index contributed by atoms with van der Waals surface area (Å²) in [5.74, 6) is -8.13. The third-order valence-electron chi connectivity index (χ3n) is 10.0. The van der Waals surface area contributed by atoms with Crippen molar-refractivity contribution in [2.45, 2.75) is 0 Å². The first-order chi connectivity index (χ1) is 28.0. The topological polar surface area (TPSA) is 228 Å². The highest BCUT2D eigenvalue weighted by molar-refractivity contribution is 6.22. The Morgan fingerprint density at radius 2 is 1.05 bits per heavy atom. The molecule has 13 nitrogen and oxygen atoms in total. The Morgan fingerprint density at radius 1 is 0.517 bits per heavy atom. The highest BCUT2D eigenvalue weighted by atomic mass is 16.4. The van der Waals surface area contributed by atoms with Crippen molar-refractivity contribution in [1.82, 2.24) is 4.57 Å². The largest absolute Gasteiger partial charge is 0.504 e. The Kier molecular flexibility index (Phi) is 8.14. The summed E-state index contributed by atoms with van der Waals surface area (Å²) in [5.41, 5.74) is 3.17. The lowest BCUT2D eigenvalue weighted by molar-refractivity contribution is 0.350. The fraction of sp³-hybridized carbons (Fsp3) is 0. The Morgan fingerprint density at radius 3 is 1.64 bits per heavy atom. The second kappa shape index (κ2) is 13.4. The minimum absolute atomic E-state index is 0.00151. The van der Waals surface area contributed by atoms with Crippen LogP contribution in [0.4, 0.5) is 0 Å². The summed E-state index contributed by atoms with van der Waals surface area (Å²) < 4.78 is 7.78. The Hall–Kier alpha value is -8.45. The standard InChI is InChI=1S/C45H30N4O9/c46-44(23-13-6-2-7-14-23)48-45(24-15-8-3-9-16-24)47-21-26-19-25(22-11-4-1-5-12-22)20-28-27-17-10-18-29(43(27)58-42(26)28)49-32-30(34(50)38(54)40(56)36(32)52)31-33(49)37(53)41(57)39(55)35(31)51/h1-21,46,50-57H. The van der Waals surface area contributed by atoms with Crippen molar-refractivity contribution >= 4 is 61.6 Å². The van der Waals surface area contributed by atoms with Gasteiger partial charge in [0.2, 0.25) is 23.0 Å². The highest BCUT2D eigenvalue weighted by Crippen LogP contribution is 2.59. The summed E-state index contributed by atoms with van der Waals surface area (Å²) in [6, 6.07) is 36.6. The maximum Gasteiger partial charge on any atom is 0.206 e. The fourth-order valence-electron chi connectivity index (χ4n) is 7.27. The van der Waals surface area contributed by atoms with Crippen LogP contribution in [0.15, 0.2) is 136 Å². The number of aliphatic imine (C=N–C) groups is 2. The van der Waals surface area contributed by atoms with E-state index in [-0.39, 0.29) is 22.9 Å². The van der Waals surface area contributed by atoms with Crippen LogP contribution in [0.25, 0.3) is 60.6 Å². The zero-order chi connectivity index (χ0) is 40.4. The summed E-state index contributed by atoms with van der Waals surface area (Å²) >= 11 is 0. The van der Waals surface area contributed by atoms with Gasteiger partial charge in [-0.2, -0.15) is 0 Å². The molecule has 0 bridgehead atoms. The van der Waals surface area contributed by atoms with Crippen LogP contribution in [0.2, 0.25) is 0 Å². The van der Waals surface area contributed by atoms with Crippen molar-refractivity contribution in [2.75, 3.05) is 0 Å². The molecule has 0 aliphatic carbocycles. The van der Waals surface area contributed by atoms with E-state index in [4.69, 9.17) is 14.8 Å². The molecule has 0 saturated carbocycles. The zero-order valence-corrected chi connectivity index (χ0v) is 30.0. The van der Waals surface area contributed by atoms with Crippen molar-refractivity contribution in [3.05, 3.63) is 138 Å². The van der Waals surface area contributed by atoms with E-state index in [1.807, 2.05) is 91.0 Å². The number of aromatic hydroxyl groups is 8. The molecule has 7 aromatic carbocycles. The predicted molar refractivity (Wildman–Crippen MR) is 221 cm³/mol. The molecule has 13 heteroatoms. The summed E-state index contributed by atoms with van der Waals surface area (Å²) in [6.07, 6.45) is 1.58. The first-order valence-corrected chi connectivity index (χ1v) is 17.7. The van der Waals surface area contributed by atoms with Crippen LogP contribution in [0.5, 0.6) is 46.0 Å². The zero-order valence-electron chi connectivity index (χ0n) is 30.0. The number of nitrogens with one attached hydrogen (secondary N) is 1. The Balaban J connectivity index is 1.35. The highest BCUT2D eigenvalue weighted by Gasteiger charge is 2.33. The maximum absolute atomic E-state index is 11.3. The molecule has 0 aliphatic heterocycles. The average Bonchev–Trinajstić information content (AvgIpc) is 3.83. The quantitative estimate of drug-likeness (QED) is 0.0352. The van der Waals surface area contributed by atoms with Crippen molar-refractivity contribution in [3.63, 3.8) is 0 Å². The van der Waals surface area contributed by atoms with E-state index < -0.39 is 67.8 Å². The number of furan rings is 1. The van der Waals surface area contributed by atoms with E-state index in [2.05, 4.69) is 4.99 Å². The minimum Gasteiger partial charge on any atom is -0.504 e. The molecule has 0 fully saturated rings. The van der Waals surface area contributed by atoms with Gasteiger partial charge in [0.25, 0.3) is 0 Å². The van der Waals surface area contributed by atoms with Gasteiger partial charge in [-0.25, -0.2) is 9.98 Å². The first-order valence-electron chi connectivity index (χ1n) is 17.7. The molecule has 0 radical (unpaired) electrons. The number of hydrogen-bond acceptors (Lipinski definition) is 10. The van der Waals surface area contributed by atoms with Gasteiger partial charge in [-0.15, -0.1) is 0 Å². The van der Waals surface area contributed by atoms with E-state index >= 15 is 0 Å². The number of benzene rings is 7. The summed E-state index contributed by atoms with van der Waals surface area (Å²) in [5, 5.41) is 96.1. The molecule has 0 saturated heterocycles. The van der Waals surface area contributed by atoms with Gasteiger partial charge in [0.1, 0.15) is 16.6 Å². The van der Waals surface area contributed by atoms with E-state index in [1.165, 1.54) is 6.07 Å². The molecule has 0 amide bonds. The summed E-state index contributed by atoms with van der Waals surface area (Å²) in [4.78, 5) is 9.41. The van der Waals surface area contributed by atoms with Gasteiger partial charge in [0.05, 0.1) is 16.5 Å². The second-order valence-corrected chi connectivity index (χ2v) is 13.4. The van der Waals surface area contributed by atoms with Crippen molar-refractivity contribution in [3.8, 4) is 62.8 Å². The average molecular weight is 771 g/mol. The van der Waals surface area contributed by atoms with Gasteiger partial charge in [-0.3, -0.25) is 9.98 Å². The van der Waals surface area contributed by atoms with Crippen LogP contribution in [-0.4, -0.2) is 63.3 Å². The molecule has 9 N–H and O–H groups in total. The second-order valence-electron chi connectivity index (χ2n) is 13.4. The molecule has 58 heavy (non-hydrogen) atoms. The summed E-state index contributed by atoms with van der Waals surface area (Å²) in [6.45, 7) is 0. The number of para-hydroxylation sites is 1. The van der Waals surface area contributed by atoms with Crippen molar-refractivity contribution < 1.29 is 45.3 Å². The first kappa shape index (κ1) is 35.3. The van der Waals surface area contributed by atoms with E-state index in [0.717, 1.165) is 15.7 Å². The molecular weight excluding hydrogens is 741 g/mol. The van der Waals surface area contributed by atoms with Gasteiger partial charge in [-0.1, -0.05) is 103 Å². The third-order valence-corrected chi connectivity index (χ3v) is 10.0. The van der Waals surface area contributed by atoms with Crippen LogP contribution < -0.4 is 0 Å². The molecule has 9 rings (SSSR count). The molecule has 0 atom stereocenters. The van der Waals surface area contributed by atoms with Crippen molar-refractivity contribution in [2.24, 2.45) is 9.98 Å². The number of phenols is 8. The Bertz CT molecular complexity index is 3130. The number of phenolic OH excluding ortho intramolecular Hbond substituents is 8. The molecule has 0 aliphatic rings. The lowest BCUT2D eigenvalue weighted by Gasteiger charge is -2.12. The van der Waals surface area contributed by atoms with Crippen LogP contribution in [-0.2, 0) is 0 Å². The molecule has 2 heterocycles. The van der Waals surface area contributed by atoms with Crippen LogP contribution in [0, 0.1) is 5.41 Å². The number of nitrogens with zero attached hydrogens (tertiary/aromatic N) is 3. The molecule has 284 valence electrons. The number of rotatable bonds is 5. The number of amidine groups is 2. The lowest BCUT2D eigenvalue weighted by Crippen LogP contribution is -2.04. The monoisotopic (exact) mass is 770 g/mol. The molecule has 2 aromatic heterocycles. The number of fused-ring (bicyclic) bond motifs is 6. The fourth-order valence-corrected chi connectivity index (χ4v) is 7.27.